The van der Waals surface area contributed by atoms with Crippen LogP contribution in [0.2, 0.25) is 0 Å². The van der Waals surface area contributed by atoms with E-state index in [9.17, 15) is 19.7 Å². The minimum atomic E-state index is -0.954. The van der Waals surface area contributed by atoms with Crippen molar-refractivity contribution in [1.29, 1.82) is 5.26 Å². The minimum absolute atomic E-state index is 0.0648. The van der Waals surface area contributed by atoms with E-state index in [4.69, 9.17) is 10.00 Å². The van der Waals surface area contributed by atoms with Crippen LogP contribution in [0.25, 0.3) is 0 Å². The lowest BCUT2D eigenvalue weighted by atomic mass is 10.0. The Kier molecular flexibility index (Phi) is 6.01. The second-order valence-corrected chi connectivity index (χ2v) is 5.37. The van der Waals surface area contributed by atoms with Crippen molar-refractivity contribution in [3.8, 4) is 6.07 Å². The monoisotopic (exact) mass is 353 g/mol. The molecule has 0 heterocycles. The van der Waals surface area contributed by atoms with Crippen molar-refractivity contribution < 1.29 is 19.2 Å². The van der Waals surface area contributed by atoms with Gasteiger partial charge in [0.05, 0.1) is 23.7 Å². The second kappa shape index (κ2) is 8.39. The van der Waals surface area contributed by atoms with Crippen LogP contribution in [0.1, 0.15) is 21.5 Å². The van der Waals surface area contributed by atoms with Gasteiger partial charge in [-0.25, -0.2) is 4.79 Å². The number of nitrogens with one attached hydrogen (secondary N) is 1. The van der Waals surface area contributed by atoms with Crippen LogP contribution < -0.4 is 5.32 Å². The van der Waals surface area contributed by atoms with Gasteiger partial charge < -0.3 is 10.1 Å². The number of nitro benzene ring substituents is 1. The Hall–Kier alpha value is -3.73. The molecule has 0 aromatic heterocycles. The smallest absolute Gasteiger partial charge is 0.328 e. The zero-order valence-electron chi connectivity index (χ0n) is 13.8. The Bertz CT molecular complexity index is 854. The molecule has 2 aromatic rings. The number of methoxy groups -OCH3 is 1. The highest BCUT2D eigenvalue weighted by atomic mass is 16.6. The predicted molar refractivity (Wildman–Crippen MR) is 91.2 cm³/mol. The molecular weight excluding hydrogens is 338 g/mol. The average Bonchev–Trinajstić information content (AvgIpc) is 2.67. The van der Waals surface area contributed by atoms with E-state index in [1.165, 1.54) is 55.6 Å². The standard InChI is InChI=1S/C18H15N3O5/c1-26-18(23)16(10-12-4-8-15(9-5-12)21(24)25)20-17(22)14-6-2-13(11-19)3-7-14/h2-9,16H,10H2,1H3,(H,20,22)/t16-/m1/s1. The third-order valence-corrected chi connectivity index (χ3v) is 3.65. The third-order valence-electron chi connectivity index (χ3n) is 3.65. The van der Waals surface area contributed by atoms with Gasteiger partial charge in [-0.15, -0.1) is 0 Å². The fourth-order valence-corrected chi connectivity index (χ4v) is 2.26. The maximum absolute atomic E-state index is 12.3. The maximum Gasteiger partial charge on any atom is 0.328 e. The first-order chi connectivity index (χ1) is 12.4. The number of benzene rings is 2. The quantitative estimate of drug-likeness (QED) is 0.481. The molecule has 0 bridgehead atoms. The molecule has 1 amide bonds. The summed E-state index contributed by atoms with van der Waals surface area (Å²) in [7, 11) is 1.21. The minimum Gasteiger partial charge on any atom is -0.467 e. The lowest BCUT2D eigenvalue weighted by molar-refractivity contribution is -0.384. The number of ether oxygens (including phenoxy) is 1. The molecule has 1 N–H and O–H groups in total. The first kappa shape index (κ1) is 18.6. The molecule has 0 aliphatic carbocycles. The van der Waals surface area contributed by atoms with Gasteiger partial charge in [0.25, 0.3) is 11.6 Å². The van der Waals surface area contributed by atoms with Crippen molar-refractivity contribution in [2.75, 3.05) is 7.11 Å². The van der Waals surface area contributed by atoms with Crippen molar-refractivity contribution in [3.63, 3.8) is 0 Å². The summed E-state index contributed by atoms with van der Waals surface area (Å²) < 4.78 is 4.71. The second-order valence-electron chi connectivity index (χ2n) is 5.37. The van der Waals surface area contributed by atoms with E-state index in [1.54, 1.807) is 0 Å². The van der Waals surface area contributed by atoms with Crippen LogP contribution in [-0.2, 0) is 16.0 Å². The van der Waals surface area contributed by atoms with Gasteiger partial charge in [0.2, 0.25) is 0 Å². The molecule has 8 nitrogen and oxygen atoms in total. The molecule has 0 unspecified atom stereocenters. The van der Waals surface area contributed by atoms with Gasteiger partial charge in [-0.05, 0) is 29.8 Å². The molecule has 0 saturated carbocycles. The molecule has 8 heteroatoms. The first-order valence-electron chi connectivity index (χ1n) is 7.56. The fourth-order valence-electron chi connectivity index (χ4n) is 2.26. The molecule has 0 saturated heterocycles. The van der Waals surface area contributed by atoms with Crippen molar-refractivity contribution in [2.24, 2.45) is 0 Å². The van der Waals surface area contributed by atoms with Crippen LogP contribution >= 0.6 is 0 Å². The fraction of sp³-hybridized carbons (Fsp3) is 0.167. The SMILES string of the molecule is COC(=O)[C@@H](Cc1ccc([N+](=O)[O-])cc1)NC(=O)c1ccc(C#N)cc1. The molecule has 132 valence electrons. The van der Waals surface area contributed by atoms with Crippen molar-refractivity contribution in [1.82, 2.24) is 5.32 Å². The summed E-state index contributed by atoms with van der Waals surface area (Å²) >= 11 is 0. The summed E-state index contributed by atoms with van der Waals surface area (Å²) in [6.45, 7) is 0. The van der Waals surface area contributed by atoms with Gasteiger partial charge in [-0.3, -0.25) is 14.9 Å². The van der Waals surface area contributed by atoms with Crippen LogP contribution in [-0.4, -0.2) is 30.0 Å². The Morgan fingerprint density at radius 3 is 2.31 bits per heavy atom. The molecule has 26 heavy (non-hydrogen) atoms. The highest BCUT2D eigenvalue weighted by Gasteiger charge is 2.23. The van der Waals surface area contributed by atoms with Gasteiger partial charge >= 0.3 is 5.97 Å². The van der Waals surface area contributed by atoms with E-state index in [2.05, 4.69) is 5.32 Å². The molecule has 1 atom stereocenters. The zero-order chi connectivity index (χ0) is 19.1. The van der Waals surface area contributed by atoms with Crippen molar-refractivity contribution in [3.05, 3.63) is 75.3 Å². The summed E-state index contributed by atoms with van der Waals surface area (Å²) in [5, 5.41) is 22.0. The molecular formula is C18H15N3O5. The van der Waals surface area contributed by atoms with Gasteiger partial charge in [0, 0.05) is 24.1 Å². The van der Waals surface area contributed by atoms with Crippen LogP contribution in [0.3, 0.4) is 0 Å². The number of nitro groups is 1. The highest BCUT2D eigenvalue weighted by molar-refractivity contribution is 5.96. The average molecular weight is 353 g/mol. The summed E-state index contributed by atoms with van der Waals surface area (Å²) in [5.41, 5.74) is 1.27. The first-order valence-corrected chi connectivity index (χ1v) is 7.56. The van der Waals surface area contributed by atoms with Crippen LogP contribution in [0.4, 0.5) is 5.69 Å². The number of nitrogens with zero attached hydrogens (tertiary/aromatic N) is 2. The molecule has 0 spiro atoms. The number of rotatable bonds is 6. The lowest BCUT2D eigenvalue weighted by Gasteiger charge is -2.16. The summed E-state index contributed by atoms with van der Waals surface area (Å²) in [6, 6.07) is 12.6. The number of hydrogen-bond acceptors (Lipinski definition) is 6. The molecule has 2 rings (SSSR count). The van der Waals surface area contributed by atoms with Gasteiger partial charge in [0.15, 0.2) is 0 Å². The number of non-ortho nitro benzene ring substituents is 1. The molecule has 0 radical (unpaired) electrons. The summed E-state index contributed by atoms with van der Waals surface area (Å²) in [5.74, 6) is -1.13. The Morgan fingerprint density at radius 1 is 1.19 bits per heavy atom. The number of nitriles is 1. The molecule has 0 aliphatic heterocycles. The number of carbonyl (C=O) groups is 2. The van der Waals surface area contributed by atoms with Crippen LogP contribution in [0, 0.1) is 21.4 Å². The van der Waals surface area contributed by atoms with Gasteiger partial charge in [-0.1, -0.05) is 12.1 Å². The Labute approximate surface area is 149 Å². The Morgan fingerprint density at radius 2 is 1.81 bits per heavy atom. The van der Waals surface area contributed by atoms with Crippen LogP contribution in [0.5, 0.6) is 0 Å². The number of esters is 1. The normalized spacial score (nSPS) is 11.1. The van der Waals surface area contributed by atoms with Crippen molar-refractivity contribution in [2.45, 2.75) is 12.5 Å². The molecule has 0 aliphatic rings. The summed E-state index contributed by atoms with van der Waals surface area (Å²) in [6.07, 6.45) is 0.118. The van der Waals surface area contributed by atoms with E-state index in [1.807, 2.05) is 6.07 Å². The van der Waals surface area contributed by atoms with E-state index in [0.717, 1.165) is 0 Å². The molecule has 2 aromatic carbocycles. The number of carbonyl (C=O) groups excluding carboxylic acids is 2. The van der Waals surface area contributed by atoms with Crippen LogP contribution in [0.15, 0.2) is 48.5 Å². The van der Waals surface area contributed by atoms with Gasteiger partial charge in [-0.2, -0.15) is 5.26 Å². The highest BCUT2D eigenvalue weighted by Crippen LogP contribution is 2.14. The van der Waals surface area contributed by atoms with E-state index >= 15 is 0 Å². The summed E-state index contributed by atoms with van der Waals surface area (Å²) in [4.78, 5) is 34.5. The maximum atomic E-state index is 12.3. The van der Waals surface area contributed by atoms with E-state index in [-0.39, 0.29) is 12.1 Å². The lowest BCUT2D eigenvalue weighted by Crippen LogP contribution is -2.43. The van der Waals surface area contributed by atoms with E-state index in [0.29, 0.717) is 16.7 Å². The predicted octanol–water partition coefficient (Wildman–Crippen LogP) is 1.98. The van der Waals surface area contributed by atoms with E-state index < -0.39 is 22.8 Å². The molecule has 0 fully saturated rings. The topological polar surface area (TPSA) is 122 Å². The number of hydrogen-bond donors (Lipinski definition) is 1. The Balaban J connectivity index is 2.13. The van der Waals surface area contributed by atoms with Gasteiger partial charge in [0.1, 0.15) is 6.04 Å². The van der Waals surface area contributed by atoms with Crippen molar-refractivity contribution >= 4 is 17.6 Å². The number of amides is 1. The largest absolute Gasteiger partial charge is 0.467 e. The zero-order valence-corrected chi connectivity index (χ0v) is 13.8. The third kappa shape index (κ3) is 4.64.